The summed E-state index contributed by atoms with van der Waals surface area (Å²) in [5.74, 6) is 0.364. The topological polar surface area (TPSA) is 72.9 Å². The Hall–Kier alpha value is -1.66. The first-order valence-corrected chi connectivity index (χ1v) is 8.14. The molecule has 1 unspecified atom stereocenters. The Morgan fingerprint density at radius 1 is 1.55 bits per heavy atom. The minimum atomic E-state index is -0.324. The largest absolute Gasteiger partial charge is 0.345 e. The highest BCUT2D eigenvalue weighted by Crippen LogP contribution is 2.39. The maximum atomic E-state index is 12.4. The van der Waals surface area contributed by atoms with E-state index in [1.165, 1.54) is 0 Å². The lowest BCUT2D eigenvalue weighted by molar-refractivity contribution is 0.0898. The van der Waals surface area contributed by atoms with E-state index in [2.05, 4.69) is 26.3 Å². The van der Waals surface area contributed by atoms with E-state index in [9.17, 15) is 4.79 Å². The molecule has 3 N–H and O–H groups in total. The number of amides is 1. The smallest absolute Gasteiger partial charge is 0.254 e. The first kappa shape index (κ1) is 15.2. The van der Waals surface area contributed by atoms with Crippen LogP contribution in [0.25, 0.3) is 5.69 Å². The van der Waals surface area contributed by atoms with Crippen molar-refractivity contribution >= 4 is 21.8 Å². The Labute approximate surface area is 138 Å². The molecule has 2 aromatic rings. The van der Waals surface area contributed by atoms with Gasteiger partial charge in [0.25, 0.3) is 5.91 Å². The molecule has 22 heavy (non-hydrogen) atoms. The zero-order chi connectivity index (χ0) is 15.7. The Kier molecular flexibility index (Phi) is 4.06. The summed E-state index contributed by atoms with van der Waals surface area (Å²) >= 11 is 3.43. The zero-order valence-corrected chi connectivity index (χ0v) is 14.0. The fourth-order valence-electron chi connectivity index (χ4n) is 2.57. The fourth-order valence-corrected chi connectivity index (χ4v) is 2.96. The lowest BCUT2D eigenvalue weighted by atomic mass is 9.95. The van der Waals surface area contributed by atoms with E-state index in [1.54, 1.807) is 17.1 Å². The highest BCUT2D eigenvalue weighted by atomic mass is 79.9. The molecule has 1 saturated carbocycles. The molecule has 1 fully saturated rings. The van der Waals surface area contributed by atoms with Gasteiger partial charge in [0, 0.05) is 17.2 Å². The molecule has 0 aliphatic heterocycles. The maximum absolute atomic E-state index is 12.4. The zero-order valence-electron chi connectivity index (χ0n) is 12.4. The Morgan fingerprint density at radius 3 is 2.95 bits per heavy atom. The van der Waals surface area contributed by atoms with E-state index in [1.807, 2.05) is 31.2 Å². The van der Waals surface area contributed by atoms with Gasteiger partial charge in [0.1, 0.15) is 0 Å². The molecule has 1 atom stereocenters. The van der Waals surface area contributed by atoms with Crippen LogP contribution in [0.15, 0.2) is 41.1 Å². The fraction of sp³-hybridized carbons (Fsp3) is 0.375. The molecule has 0 radical (unpaired) electrons. The predicted octanol–water partition coefficient (Wildman–Crippen LogP) is 2.49. The van der Waals surface area contributed by atoms with Crippen molar-refractivity contribution in [2.45, 2.75) is 25.3 Å². The van der Waals surface area contributed by atoms with Crippen molar-refractivity contribution in [2.24, 2.45) is 11.7 Å². The third-order valence-electron chi connectivity index (χ3n) is 4.22. The van der Waals surface area contributed by atoms with Gasteiger partial charge in [-0.15, -0.1) is 0 Å². The average Bonchev–Trinajstić information content (AvgIpc) is 3.25. The van der Waals surface area contributed by atoms with Gasteiger partial charge in [-0.2, -0.15) is 5.10 Å². The van der Waals surface area contributed by atoms with Gasteiger partial charge in [-0.25, -0.2) is 4.68 Å². The summed E-state index contributed by atoms with van der Waals surface area (Å²) in [6, 6.07) is 7.76. The van der Waals surface area contributed by atoms with Crippen LogP contribution in [0, 0.1) is 5.92 Å². The van der Waals surface area contributed by atoms with Crippen molar-refractivity contribution in [1.82, 2.24) is 15.1 Å². The van der Waals surface area contributed by atoms with E-state index in [4.69, 9.17) is 5.73 Å². The number of carbonyl (C=O) groups excluding carboxylic acids is 1. The van der Waals surface area contributed by atoms with Crippen LogP contribution in [0.1, 0.15) is 30.1 Å². The molecule has 1 aromatic heterocycles. The number of hydrogen-bond acceptors (Lipinski definition) is 3. The molecule has 1 amide bonds. The van der Waals surface area contributed by atoms with Crippen molar-refractivity contribution < 1.29 is 4.79 Å². The van der Waals surface area contributed by atoms with Crippen LogP contribution in [0.3, 0.4) is 0 Å². The second kappa shape index (κ2) is 5.85. The Morgan fingerprint density at radius 2 is 2.32 bits per heavy atom. The van der Waals surface area contributed by atoms with Gasteiger partial charge in [0.05, 0.1) is 23.0 Å². The summed E-state index contributed by atoms with van der Waals surface area (Å²) in [5, 5.41) is 7.34. The molecule has 3 rings (SSSR count). The van der Waals surface area contributed by atoms with Gasteiger partial charge < -0.3 is 11.1 Å². The van der Waals surface area contributed by atoms with Crippen LogP contribution < -0.4 is 11.1 Å². The summed E-state index contributed by atoms with van der Waals surface area (Å²) in [5.41, 5.74) is 6.96. The minimum absolute atomic E-state index is 0.124. The number of hydrogen-bond donors (Lipinski definition) is 2. The van der Waals surface area contributed by atoms with Gasteiger partial charge in [-0.05, 0) is 43.9 Å². The van der Waals surface area contributed by atoms with Crippen molar-refractivity contribution in [1.29, 1.82) is 0 Å². The van der Waals surface area contributed by atoms with Crippen LogP contribution in [0.4, 0.5) is 0 Å². The number of halogens is 1. The van der Waals surface area contributed by atoms with Gasteiger partial charge in [0.2, 0.25) is 0 Å². The van der Waals surface area contributed by atoms with Crippen LogP contribution in [0.5, 0.6) is 0 Å². The van der Waals surface area contributed by atoms with Gasteiger partial charge >= 0.3 is 0 Å². The molecule has 0 saturated heterocycles. The van der Waals surface area contributed by atoms with Crippen molar-refractivity contribution in [3.8, 4) is 5.69 Å². The third-order valence-corrected chi connectivity index (χ3v) is 4.71. The third kappa shape index (κ3) is 3.08. The van der Waals surface area contributed by atoms with Gasteiger partial charge in [-0.1, -0.05) is 22.0 Å². The number of nitrogens with zero attached hydrogens (tertiary/aromatic N) is 2. The van der Waals surface area contributed by atoms with Crippen LogP contribution in [-0.2, 0) is 0 Å². The van der Waals surface area contributed by atoms with Crippen LogP contribution >= 0.6 is 15.9 Å². The van der Waals surface area contributed by atoms with Gasteiger partial charge in [0.15, 0.2) is 0 Å². The predicted molar refractivity (Wildman–Crippen MR) is 88.9 cm³/mol. The second-order valence-electron chi connectivity index (χ2n) is 6.00. The SMILES string of the molecule is CC(CN)(NC(=O)c1cnn(-c2cccc(Br)c2)c1)C1CC1. The van der Waals surface area contributed by atoms with Crippen molar-refractivity contribution in [3.63, 3.8) is 0 Å². The standard InChI is InChI=1S/C16H19BrN4O/c1-16(10-18,12-5-6-12)20-15(22)11-8-19-21(9-11)14-4-2-3-13(17)7-14/h2-4,7-9,12H,5-6,10,18H2,1H3,(H,20,22). The van der Waals surface area contributed by atoms with Crippen molar-refractivity contribution in [3.05, 3.63) is 46.7 Å². The number of rotatable bonds is 5. The number of nitrogens with one attached hydrogen (secondary N) is 1. The molecular weight excluding hydrogens is 344 g/mol. The van der Waals surface area contributed by atoms with E-state index >= 15 is 0 Å². The van der Waals surface area contributed by atoms with E-state index < -0.39 is 0 Å². The van der Waals surface area contributed by atoms with E-state index in [0.717, 1.165) is 23.0 Å². The maximum Gasteiger partial charge on any atom is 0.254 e. The van der Waals surface area contributed by atoms with Gasteiger partial charge in [-0.3, -0.25) is 4.79 Å². The monoisotopic (exact) mass is 362 g/mol. The van der Waals surface area contributed by atoms with Crippen LogP contribution in [-0.4, -0.2) is 27.8 Å². The lowest BCUT2D eigenvalue weighted by Crippen LogP contribution is -2.53. The van der Waals surface area contributed by atoms with E-state index in [0.29, 0.717) is 18.0 Å². The molecule has 1 aliphatic rings. The lowest BCUT2D eigenvalue weighted by Gasteiger charge is -2.29. The molecule has 5 nitrogen and oxygen atoms in total. The molecule has 6 heteroatoms. The number of benzene rings is 1. The number of aromatic nitrogens is 2. The molecule has 1 aliphatic carbocycles. The molecule has 0 spiro atoms. The average molecular weight is 363 g/mol. The summed E-state index contributed by atoms with van der Waals surface area (Å²) in [6.07, 6.45) is 5.58. The molecule has 1 aromatic carbocycles. The highest BCUT2D eigenvalue weighted by Gasteiger charge is 2.41. The Balaban J connectivity index is 1.77. The van der Waals surface area contributed by atoms with Crippen LogP contribution in [0.2, 0.25) is 0 Å². The first-order valence-electron chi connectivity index (χ1n) is 7.35. The molecule has 116 valence electrons. The summed E-state index contributed by atoms with van der Waals surface area (Å²) in [4.78, 5) is 12.4. The summed E-state index contributed by atoms with van der Waals surface area (Å²) < 4.78 is 2.66. The van der Waals surface area contributed by atoms with Crippen molar-refractivity contribution in [2.75, 3.05) is 6.54 Å². The molecule has 1 heterocycles. The number of nitrogens with two attached hydrogens (primary N) is 1. The summed E-state index contributed by atoms with van der Waals surface area (Å²) in [7, 11) is 0. The summed E-state index contributed by atoms with van der Waals surface area (Å²) in [6.45, 7) is 2.46. The first-order chi connectivity index (χ1) is 10.5. The molecular formula is C16H19BrN4O. The number of carbonyl (C=O) groups is 1. The van der Waals surface area contributed by atoms with E-state index in [-0.39, 0.29) is 11.4 Å². The minimum Gasteiger partial charge on any atom is -0.345 e. The normalized spacial score (nSPS) is 17.0. The molecule has 0 bridgehead atoms. The Bertz CT molecular complexity index is 695. The quantitative estimate of drug-likeness (QED) is 0.857. The second-order valence-corrected chi connectivity index (χ2v) is 6.92. The highest BCUT2D eigenvalue weighted by molar-refractivity contribution is 9.10.